The monoisotopic (exact) mass is 593 g/mol. The van der Waals surface area contributed by atoms with Gasteiger partial charge in [-0.1, -0.05) is 36.3 Å². The van der Waals surface area contributed by atoms with Crippen LogP contribution in [0.1, 0.15) is 66.6 Å². The molecule has 0 spiro atoms. The lowest BCUT2D eigenvalue weighted by Gasteiger charge is -2.41. The van der Waals surface area contributed by atoms with Crippen molar-refractivity contribution in [1.29, 1.82) is 0 Å². The van der Waals surface area contributed by atoms with E-state index in [9.17, 15) is 23.1 Å². The van der Waals surface area contributed by atoms with Gasteiger partial charge in [-0.3, -0.25) is 4.98 Å². The first kappa shape index (κ1) is 27.7. The van der Waals surface area contributed by atoms with Crippen LogP contribution >= 0.6 is 0 Å². The zero-order chi connectivity index (χ0) is 29.9. The van der Waals surface area contributed by atoms with Crippen molar-refractivity contribution in [2.24, 2.45) is 5.92 Å². The minimum absolute atomic E-state index is 0.0609. The number of nitrogens with zero attached hydrogens (tertiary/aromatic N) is 3. The number of hydrogen-bond acceptors (Lipinski definition) is 7. The van der Waals surface area contributed by atoms with Gasteiger partial charge in [0.05, 0.1) is 29.5 Å². The van der Waals surface area contributed by atoms with Gasteiger partial charge in [0.1, 0.15) is 17.2 Å². The van der Waals surface area contributed by atoms with Crippen LogP contribution in [0.5, 0.6) is 5.75 Å². The Balaban J connectivity index is 1.13. The molecule has 2 bridgehead atoms. The lowest BCUT2D eigenvalue weighted by Crippen LogP contribution is -2.46. The van der Waals surface area contributed by atoms with Gasteiger partial charge in [0, 0.05) is 40.7 Å². The van der Waals surface area contributed by atoms with Crippen LogP contribution in [-0.2, 0) is 11.3 Å². The number of carboxylic acids is 1. The summed E-state index contributed by atoms with van der Waals surface area (Å²) in [4.78, 5) is 18.4. The van der Waals surface area contributed by atoms with Crippen LogP contribution in [-0.4, -0.2) is 45.8 Å². The summed E-state index contributed by atoms with van der Waals surface area (Å²) in [7, 11) is 0. The molecule has 1 aliphatic carbocycles. The largest absolute Gasteiger partial charge is 0.573 e. The Hall–Kier alpha value is -4.12. The van der Waals surface area contributed by atoms with E-state index in [1.165, 1.54) is 18.3 Å². The van der Waals surface area contributed by atoms with Gasteiger partial charge in [-0.05, 0) is 62.3 Å². The molecule has 4 atom stereocenters. The predicted molar refractivity (Wildman–Crippen MR) is 151 cm³/mol. The summed E-state index contributed by atoms with van der Waals surface area (Å²) in [6.07, 6.45) is 0.923. The van der Waals surface area contributed by atoms with Crippen molar-refractivity contribution < 1.29 is 37.1 Å². The van der Waals surface area contributed by atoms with Crippen LogP contribution in [0, 0.1) is 5.92 Å². The molecule has 2 aliphatic heterocycles. The highest BCUT2D eigenvalue weighted by atomic mass is 19.4. The number of halogens is 3. The molecule has 1 N–H and O–H groups in total. The van der Waals surface area contributed by atoms with Gasteiger partial charge in [-0.25, -0.2) is 4.79 Å². The lowest BCUT2D eigenvalue weighted by atomic mass is 9.95. The number of carbonyl (C=O) groups is 1. The Bertz CT molecular complexity index is 1680. The highest BCUT2D eigenvalue weighted by Crippen LogP contribution is 2.48. The molecular weight excluding hydrogens is 563 g/mol. The number of piperidine rings is 1. The zero-order valence-electron chi connectivity index (χ0n) is 23.4. The van der Waals surface area contributed by atoms with Crippen LogP contribution in [0.25, 0.3) is 22.2 Å². The van der Waals surface area contributed by atoms with Crippen LogP contribution in [0.15, 0.2) is 59.3 Å². The van der Waals surface area contributed by atoms with Crippen molar-refractivity contribution in [3.8, 4) is 17.0 Å². The Kier molecular flexibility index (Phi) is 6.80. The molecule has 0 radical (unpaired) electrons. The first-order chi connectivity index (χ1) is 20.7. The molecule has 11 heteroatoms. The second-order valence-electron chi connectivity index (χ2n) is 11.8. The summed E-state index contributed by atoms with van der Waals surface area (Å²) >= 11 is 0. The SMILES string of the molecule is C[C@@H]1CC2CC(OCc3c(-c4ccccc4OC(F)(F)F)noc3C3CC3)CC1N2c1cccc2cc(C(=O)O)cnc12. The fraction of sp³-hybridized carbons (Fsp3) is 0.406. The molecule has 43 heavy (non-hydrogen) atoms. The average Bonchev–Trinajstić information content (AvgIpc) is 3.69. The Labute approximate surface area is 245 Å². The molecule has 3 fully saturated rings. The van der Waals surface area contributed by atoms with Crippen LogP contribution in [0.3, 0.4) is 0 Å². The van der Waals surface area contributed by atoms with Gasteiger partial charge >= 0.3 is 12.3 Å². The number of carboxylic acid groups (broad SMARTS) is 1. The summed E-state index contributed by atoms with van der Waals surface area (Å²) in [5, 5.41) is 14.4. The first-order valence-corrected chi connectivity index (χ1v) is 14.5. The van der Waals surface area contributed by atoms with Crippen molar-refractivity contribution in [2.45, 2.75) is 76.1 Å². The maximum atomic E-state index is 13.2. The maximum absolute atomic E-state index is 13.2. The standard InChI is InChI=1S/C32H30F3N3O5/c1-17-11-21-13-22(14-26(17)38(21)25-7-4-5-19-12-20(31(39)40)15-36-28(19)25)41-16-24-29(37-43-30(24)18-9-10-18)23-6-2-3-8-27(23)42-32(33,34)35/h2-8,12,15,17-18,21-22,26H,9-11,13-14,16H2,1H3,(H,39,40)/t17-,21?,22?,26?/m1/s1. The Morgan fingerprint density at radius 2 is 1.93 bits per heavy atom. The minimum Gasteiger partial charge on any atom is -0.478 e. The second kappa shape index (κ2) is 10.6. The van der Waals surface area contributed by atoms with Crippen molar-refractivity contribution >= 4 is 22.6 Å². The van der Waals surface area contributed by atoms with Crippen LogP contribution < -0.4 is 9.64 Å². The predicted octanol–water partition coefficient (Wildman–Crippen LogP) is 7.33. The molecule has 2 saturated heterocycles. The summed E-state index contributed by atoms with van der Waals surface area (Å²) in [6, 6.07) is 13.9. The summed E-state index contributed by atoms with van der Waals surface area (Å²) in [5.74, 6) is -0.0659. The van der Waals surface area contributed by atoms with Crippen LogP contribution in [0.2, 0.25) is 0 Å². The molecular formula is C32H30F3N3O5. The second-order valence-corrected chi connectivity index (χ2v) is 11.8. The number of fused-ring (bicyclic) bond motifs is 3. The van der Waals surface area contributed by atoms with Crippen molar-refractivity contribution in [1.82, 2.24) is 10.1 Å². The number of hydrogen-bond donors (Lipinski definition) is 1. The molecule has 2 aromatic heterocycles. The maximum Gasteiger partial charge on any atom is 0.573 e. The highest BCUT2D eigenvalue weighted by molar-refractivity contribution is 5.97. The Morgan fingerprint density at radius 1 is 1.12 bits per heavy atom. The molecule has 7 rings (SSSR count). The van der Waals surface area contributed by atoms with Crippen molar-refractivity contribution in [2.75, 3.05) is 4.90 Å². The van der Waals surface area contributed by atoms with E-state index in [2.05, 4.69) is 26.7 Å². The third-order valence-electron chi connectivity index (χ3n) is 8.90. The van der Waals surface area contributed by atoms with E-state index in [0.717, 1.165) is 48.7 Å². The van der Waals surface area contributed by atoms with Gasteiger partial charge in [-0.15, -0.1) is 13.2 Å². The fourth-order valence-electron chi connectivity index (χ4n) is 6.87. The molecule has 224 valence electrons. The lowest BCUT2D eigenvalue weighted by molar-refractivity contribution is -0.274. The zero-order valence-corrected chi connectivity index (χ0v) is 23.4. The van der Waals surface area contributed by atoms with Gasteiger partial charge in [0.2, 0.25) is 0 Å². The number of alkyl halides is 3. The van der Waals surface area contributed by atoms with Gasteiger partial charge < -0.3 is 24.0 Å². The van der Waals surface area contributed by atoms with Crippen LogP contribution in [0.4, 0.5) is 18.9 Å². The van der Waals surface area contributed by atoms with E-state index in [4.69, 9.17) is 9.26 Å². The topological polar surface area (TPSA) is 97.9 Å². The molecule has 2 aromatic carbocycles. The first-order valence-electron chi connectivity index (χ1n) is 14.5. The molecule has 3 aliphatic rings. The summed E-state index contributed by atoms with van der Waals surface area (Å²) in [5.41, 5.74) is 3.13. The summed E-state index contributed by atoms with van der Waals surface area (Å²) < 4.78 is 56.0. The molecule has 8 nitrogen and oxygen atoms in total. The number of para-hydroxylation sites is 2. The smallest absolute Gasteiger partial charge is 0.478 e. The molecule has 1 saturated carbocycles. The van der Waals surface area contributed by atoms with Gasteiger partial charge in [0.25, 0.3) is 0 Å². The molecule has 4 heterocycles. The fourth-order valence-corrected chi connectivity index (χ4v) is 6.87. The number of rotatable bonds is 8. The minimum atomic E-state index is -4.84. The number of pyridine rings is 1. The number of aromatic carboxylic acids is 1. The van der Waals surface area contributed by atoms with E-state index in [1.807, 2.05) is 18.2 Å². The van der Waals surface area contributed by atoms with Gasteiger partial charge in [-0.2, -0.15) is 0 Å². The van der Waals surface area contributed by atoms with Crippen molar-refractivity contribution in [3.63, 3.8) is 0 Å². The van der Waals surface area contributed by atoms with Crippen molar-refractivity contribution in [3.05, 3.63) is 71.6 Å². The molecule has 4 aromatic rings. The van der Waals surface area contributed by atoms with Gasteiger partial charge in [0.15, 0.2) is 0 Å². The van der Waals surface area contributed by atoms with E-state index in [1.54, 1.807) is 18.2 Å². The van der Waals surface area contributed by atoms with E-state index in [0.29, 0.717) is 22.9 Å². The summed E-state index contributed by atoms with van der Waals surface area (Å²) in [6.45, 7) is 2.42. The number of benzene rings is 2. The average molecular weight is 594 g/mol. The van der Waals surface area contributed by atoms with E-state index in [-0.39, 0.29) is 47.6 Å². The molecule has 3 unspecified atom stereocenters. The highest BCUT2D eigenvalue weighted by Gasteiger charge is 2.46. The van der Waals surface area contributed by atoms with E-state index < -0.39 is 12.3 Å². The third-order valence-corrected chi connectivity index (χ3v) is 8.90. The number of anilines is 1. The quantitative estimate of drug-likeness (QED) is 0.227. The Morgan fingerprint density at radius 3 is 2.67 bits per heavy atom. The van der Waals surface area contributed by atoms with E-state index >= 15 is 0 Å². The number of aromatic nitrogens is 2. The normalized spacial score (nSPS) is 23.6. The third kappa shape index (κ3) is 5.30. The molecule has 0 amide bonds. The number of ether oxygens (including phenoxy) is 2.